The lowest BCUT2D eigenvalue weighted by atomic mass is 9.85. The van der Waals surface area contributed by atoms with E-state index in [9.17, 15) is 8.42 Å². The molecule has 112 valence electrons. The number of aromatic nitrogens is 1. The maximum absolute atomic E-state index is 12.4. The number of hydrogen-bond donors (Lipinski definition) is 2. The Kier molecular flexibility index (Phi) is 4.99. The SMILES string of the molecule is CCC1CCC(NS(=O)(=O)c2ccnc(NC)c2)CC1. The lowest BCUT2D eigenvalue weighted by Crippen LogP contribution is -2.37. The Morgan fingerprint density at radius 3 is 2.60 bits per heavy atom. The maximum Gasteiger partial charge on any atom is 0.241 e. The van der Waals surface area contributed by atoms with Gasteiger partial charge in [-0.05, 0) is 37.7 Å². The fourth-order valence-corrected chi connectivity index (χ4v) is 4.01. The van der Waals surface area contributed by atoms with E-state index < -0.39 is 10.0 Å². The van der Waals surface area contributed by atoms with Crippen LogP contribution in [0.25, 0.3) is 0 Å². The Morgan fingerprint density at radius 1 is 1.30 bits per heavy atom. The minimum absolute atomic E-state index is 0.0639. The van der Waals surface area contributed by atoms with Gasteiger partial charge in [0.25, 0.3) is 0 Å². The summed E-state index contributed by atoms with van der Waals surface area (Å²) in [5.74, 6) is 1.31. The second kappa shape index (κ2) is 6.54. The van der Waals surface area contributed by atoms with Crippen molar-refractivity contribution < 1.29 is 8.42 Å². The van der Waals surface area contributed by atoms with Crippen LogP contribution in [0.5, 0.6) is 0 Å². The molecule has 0 bridgehead atoms. The van der Waals surface area contributed by atoms with Crippen LogP contribution in [0.2, 0.25) is 0 Å². The summed E-state index contributed by atoms with van der Waals surface area (Å²) in [7, 11) is -1.73. The molecule has 0 aliphatic heterocycles. The normalized spacial score (nSPS) is 23.5. The highest BCUT2D eigenvalue weighted by atomic mass is 32.2. The van der Waals surface area contributed by atoms with Gasteiger partial charge < -0.3 is 5.32 Å². The Bertz CT molecular complexity index is 537. The van der Waals surface area contributed by atoms with Gasteiger partial charge in [-0.1, -0.05) is 13.3 Å². The van der Waals surface area contributed by atoms with E-state index in [-0.39, 0.29) is 10.9 Å². The summed E-state index contributed by atoms with van der Waals surface area (Å²) in [6.07, 6.45) is 6.79. The van der Waals surface area contributed by atoms with E-state index in [0.29, 0.717) is 5.82 Å². The van der Waals surface area contributed by atoms with Gasteiger partial charge in [-0.2, -0.15) is 0 Å². The molecule has 1 aromatic rings. The van der Waals surface area contributed by atoms with Crippen molar-refractivity contribution in [3.05, 3.63) is 18.3 Å². The summed E-state index contributed by atoms with van der Waals surface area (Å²) in [4.78, 5) is 4.31. The van der Waals surface area contributed by atoms with E-state index in [4.69, 9.17) is 0 Å². The summed E-state index contributed by atoms with van der Waals surface area (Å²) in [6, 6.07) is 3.15. The predicted octanol–water partition coefficient (Wildman–Crippen LogP) is 2.37. The molecule has 0 aromatic carbocycles. The smallest absolute Gasteiger partial charge is 0.241 e. The highest BCUT2D eigenvalue weighted by Crippen LogP contribution is 2.27. The Hall–Kier alpha value is -1.14. The van der Waals surface area contributed by atoms with E-state index >= 15 is 0 Å². The maximum atomic E-state index is 12.4. The first-order valence-corrected chi connectivity index (χ1v) is 8.69. The molecule has 0 amide bonds. The van der Waals surface area contributed by atoms with Crippen LogP contribution in [0.4, 0.5) is 5.82 Å². The third-order valence-corrected chi connectivity index (χ3v) is 5.56. The molecule has 1 aliphatic rings. The summed E-state index contributed by atoms with van der Waals surface area (Å²) >= 11 is 0. The summed E-state index contributed by atoms with van der Waals surface area (Å²) in [5, 5.41) is 2.85. The Morgan fingerprint density at radius 2 is 2.00 bits per heavy atom. The van der Waals surface area contributed by atoms with E-state index in [1.807, 2.05) is 0 Å². The highest BCUT2D eigenvalue weighted by Gasteiger charge is 2.25. The Balaban J connectivity index is 2.04. The second-order valence-corrected chi connectivity index (χ2v) is 7.09. The number of pyridine rings is 1. The van der Waals surface area contributed by atoms with E-state index in [0.717, 1.165) is 31.6 Å². The standard InChI is InChI=1S/C14H23N3O2S/c1-3-11-4-6-12(7-5-11)17-20(18,19)13-8-9-16-14(10-13)15-2/h8-12,17H,3-7H2,1-2H3,(H,15,16). The minimum Gasteiger partial charge on any atom is -0.373 e. The Labute approximate surface area is 121 Å². The number of nitrogens with zero attached hydrogens (tertiary/aromatic N) is 1. The monoisotopic (exact) mass is 297 g/mol. The number of nitrogens with one attached hydrogen (secondary N) is 2. The van der Waals surface area contributed by atoms with Gasteiger partial charge in [0.2, 0.25) is 10.0 Å². The van der Waals surface area contributed by atoms with Gasteiger partial charge >= 0.3 is 0 Å². The van der Waals surface area contributed by atoms with Crippen molar-refractivity contribution in [3.8, 4) is 0 Å². The van der Waals surface area contributed by atoms with Gasteiger partial charge in [0.15, 0.2) is 0 Å². The molecule has 1 saturated carbocycles. The third kappa shape index (κ3) is 3.70. The summed E-state index contributed by atoms with van der Waals surface area (Å²) < 4.78 is 27.5. The van der Waals surface area contributed by atoms with Crippen molar-refractivity contribution in [2.75, 3.05) is 12.4 Å². The van der Waals surface area contributed by atoms with Crippen LogP contribution in [-0.2, 0) is 10.0 Å². The molecule has 1 fully saturated rings. The van der Waals surface area contributed by atoms with Crippen LogP contribution in [0.3, 0.4) is 0 Å². The zero-order valence-corrected chi connectivity index (χ0v) is 12.9. The molecule has 5 nitrogen and oxygen atoms in total. The molecule has 1 aliphatic carbocycles. The van der Waals surface area contributed by atoms with Crippen LogP contribution in [-0.4, -0.2) is 26.5 Å². The van der Waals surface area contributed by atoms with Crippen molar-refractivity contribution in [3.63, 3.8) is 0 Å². The van der Waals surface area contributed by atoms with Crippen molar-refractivity contribution in [1.29, 1.82) is 0 Å². The van der Waals surface area contributed by atoms with Crippen molar-refractivity contribution in [2.24, 2.45) is 5.92 Å². The topological polar surface area (TPSA) is 71.1 Å². The lowest BCUT2D eigenvalue weighted by Gasteiger charge is -2.28. The number of sulfonamides is 1. The lowest BCUT2D eigenvalue weighted by molar-refractivity contribution is 0.306. The average Bonchev–Trinajstić information content (AvgIpc) is 2.48. The molecule has 20 heavy (non-hydrogen) atoms. The first kappa shape index (κ1) is 15.3. The van der Waals surface area contributed by atoms with Crippen molar-refractivity contribution in [2.45, 2.75) is 50.0 Å². The first-order valence-electron chi connectivity index (χ1n) is 7.21. The number of hydrogen-bond acceptors (Lipinski definition) is 4. The summed E-state index contributed by atoms with van der Waals surface area (Å²) in [6.45, 7) is 2.20. The molecule has 0 radical (unpaired) electrons. The quantitative estimate of drug-likeness (QED) is 0.875. The molecular formula is C14H23N3O2S. The van der Waals surface area contributed by atoms with E-state index in [1.54, 1.807) is 13.1 Å². The predicted molar refractivity (Wildman–Crippen MR) is 80.1 cm³/mol. The molecule has 0 saturated heterocycles. The van der Waals surface area contributed by atoms with Crippen LogP contribution < -0.4 is 10.0 Å². The van der Waals surface area contributed by atoms with Gasteiger partial charge in [0, 0.05) is 25.4 Å². The third-order valence-electron chi connectivity index (χ3n) is 4.04. The van der Waals surface area contributed by atoms with Crippen LogP contribution in [0.15, 0.2) is 23.2 Å². The van der Waals surface area contributed by atoms with Crippen LogP contribution in [0, 0.1) is 5.92 Å². The largest absolute Gasteiger partial charge is 0.373 e. The second-order valence-electron chi connectivity index (χ2n) is 5.37. The molecule has 1 aromatic heterocycles. The van der Waals surface area contributed by atoms with E-state index in [2.05, 4.69) is 21.9 Å². The molecular weight excluding hydrogens is 274 g/mol. The molecule has 2 rings (SSSR count). The number of rotatable bonds is 5. The molecule has 0 unspecified atom stereocenters. The van der Waals surface area contributed by atoms with E-state index in [1.165, 1.54) is 18.7 Å². The van der Waals surface area contributed by atoms with Gasteiger partial charge in [0.05, 0.1) is 4.90 Å². The molecule has 6 heteroatoms. The van der Waals surface area contributed by atoms with Crippen LogP contribution >= 0.6 is 0 Å². The van der Waals surface area contributed by atoms with Gasteiger partial charge in [0.1, 0.15) is 5.82 Å². The van der Waals surface area contributed by atoms with Crippen molar-refractivity contribution >= 4 is 15.8 Å². The zero-order valence-electron chi connectivity index (χ0n) is 12.1. The molecule has 0 spiro atoms. The zero-order chi connectivity index (χ0) is 14.6. The van der Waals surface area contributed by atoms with Gasteiger partial charge in [-0.15, -0.1) is 0 Å². The first-order chi connectivity index (χ1) is 9.55. The fraction of sp³-hybridized carbons (Fsp3) is 0.643. The van der Waals surface area contributed by atoms with Gasteiger partial charge in [-0.25, -0.2) is 18.1 Å². The number of anilines is 1. The molecule has 1 heterocycles. The van der Waals surface area contributed by atoms with Crippen molar-refractivity contribution in [1.82, 2.24) is 9.71 Å². The summed E-state index contributed by atoms with van der Waals surface area (Å²) in [5.41, 5.74) is 0. The molecule has 0 atom stereocenters. The minimum atomic E-state index is -3.45. The van der Waals surface area contributed by atoms with Crippen LogP contribution in [0.1, 0.15) is 39.0 Å². The average molecular weight is 297 g/mol. The van der Waals surface area contributed by atoms with Gasteiger partial charge in [-0.3, -0.25) is 0 Å². The fourth-order valence-electron chi connectivity index (χ4n) is 2.69. The molecule has 2 N–H and O–H groups in total. The highest BCUT2D eigenvalue weighted by molar-refractivity contribution is 7.89.